The van der Waals surface area contributed by atoms with Gasteiger partial charge in [-0.2, -0.15) is 0 Å². The number of hydrogen-bond acceptors (Lipinski definition) is 6. The number of anilines is 1. The lowest BCUT2D eigenvalue weighted by atomic mass is 9.78. The zero-order valence-corrected chi connectivity index (χ0v) is 21.8. The molecule has 0 atom stereocenters. The number of phenolic OH excluding ortho intramolecular Hbond substituents is 1. The van der Waals surface area contributed by atoms with E-state index in [9.17, 15) is 13.5 Å². The predicted octanol–water partition coefficient (Wildman–Crippen LogP) is 5.85. The molecule has 6 nitrogen and oxygen atoms in total. The van der Waals surface area contributed by atoms with Crippen molar-refractivity contribution >= 4 is 27.0 Å². The van der Waals surface area contributed by atoms with E-state index < -0.39 is 10.0 Å². The molecule has 0 saturated heterocycles. The molecule has 0 saturated carbocycles. The summed E-state index contributed by atoms with van der Waals surface area (Å²) in [6.07, 6.45) is 1.50. The Labute approximate surface area is 200 Å². The molecular weight excluding hydrogens is 456 g/mol. The third-order valence-electron chi connectivity index (χ3n) is 5.37. The van der Waals surface area contributed by atoms with Crippen molar-refractivity contribution in [2.45, 2.75) is 63.1 Å². The van der Waals surface area contributed by atoms with E-state index in [0.29, 0.717) is 11.6 Å². The van der Waals surface area contributed by atoms with Crippen LogP contribution in [-0.2, 0) is 27.4 Å². The van der Waals surface area contributed by atoms with Gasteiger partial charge in [-0.05, 0) is 57.2 Å². The zero-order chi connectivity index (χ0) is 24.6. The predicted molar refractivity (Wildman–Crippen MR) is 134 cm³/mol. The highest BCUT2D eigenvalue weighted by Crippen LogP contribution is 2.40. The average molecular weight is 489 g/mol. The molecule has 0 fully saturated rings. The number of sulfonamides is 1. The molecule has 0 bridgehead atoms. The molecule has 0 spiro atoms. The minimum Gasteiger partial charge on any atom is -0.507 e. The summed E-state index contributed by atoms with van der Waals surface area (Å²) in [7, 11) is -2.31. The van der Waals surface area contributed by atoms with Gasteiger partial charge in [0.1, 0.15) is 9.96 Å². The Morgan fingerprint density at radius 3 is 2.06 bits per heavy atom. The van der Waals surface area contributed by atoms with Crippen molar-refractivity contribution < 1.29 is 18.3 Å². The maximum absolute atomic E-state index is 13.6. The Balaban J connectivity index is 2.19. The van der Waals surface area contributed by atoms with E-state index in [1.165, 1.54) is 28.9 Å². The maximum atomic E-state index is 13.6. The summed E-state index contributed by atoms with van der Waals surface area (Å²) in [4.78, 5) is 4.22. The molecule has 2 aromatic heterocycles. The van der Waals surface area contributed by atoms with E-state index in [1.807, 2.05) is 53.7 Å². The van der Waals surface area contributed by atoms with Gasteiger partial charge >= 0.3 is 0 Å². The van der Waals surface area contributed by atoms with E-state index in [2.05, 4.69) is 4.98 Å². The molecule has 0 aliphatic rings. The van der Waals surface area contributed by atoms with Gasteiger partial charge in [-0.1, -0.05) is 47.6 Å². The molecule has 0 unspecified atom stereocenters. The number of hydrogen-bond donors (Lipinski definition) is 1. The zero-order valence-electron chi connectivity index (χ0n) is 20.2. The first-order valence-electron chi connectivity index (χ1n) is 10.7. The summed E-state index contributed by atoms with van der Waals surface area (Å²) in [6, 6.07) is 10.5. The van der Waals surface area contributed by atoms with Crippen molar-refractivity contribution in [3.05, 3.63) is 64.7 Å². The Hall–Kier alpha value is -2.58. The van der Waals surface area contributed by atoms with Crippen molar-refractivity contribution in [3.63, 3.8) is 0 Å². The van der Waals surface area contributed by atoms with Gasteiger partial charge < -0.3 is 9.84 Å². The molecular formula is C25H32N2O4S2. The van der Waals surface area contributed by atoms with Crippen LogP contribution >= 0.6 is 11.3 Å². The summed E-state index contributed by atoms with van der Waals surface area (Å²) in [6.45, 7) is 12.3. The quantitative estimate of drug-likeness (QED) is 0.471. The van der Waals surface area contributed by atoms with Crippen LogP contribution in [0.3, 0.4) is 0 Å². The fourth-order valence-electron chi connectivity index (χ4n) is 3.57. The van der Waals surface area contributed by atoms with Crippen LogP contribution in [0.25, 0.3) is 0 Å². The lowest BCUT2D eigenvalue weighted by Crippen LogP contribution is -2.30. The first-order valence-corrected chi connectivity index (χ1v) is 13.0. The highest BCUT2D eigenvalue weighted by molar-refractivity contribution is 7.94. The first kappa shape index (κ1) is 25.1. The Bertz CT molecular complexity index is 1170. The highest BCUT2D eigenvalue weighted by Gasteiger charge is 2.30. The van der Waals surface area contributed by atoms with Gasteiger partial charge in [0.15, 0.2) is 0 Å². The number of aromatic nitrogens is 1. The molecule has 2 heterocycles. The van der Waals surface area contributed by atoms with Crippen LogP contribution < -0.4 is 9.04 Å². The maximum Gasteiger partial charge on any atom is 0.274 e. The van der Waals surface area contributed by atoms with Crippen LogP contribution in [0.1, 0.15) is 58.2 Å². The van der Waals surface area contributed by atoms with Gasteiger partial charge in [0.25, 0.3) is 10.0 Å². The van der Waals surface area contributed by atoms with Crippen molar-refractivity contribution in [3.8, 4) is 11.6 Å². The lowest BCUT2D eigenvalue weighted by Gasteiger charge is -2.30. The standard InChI is InChI=1S/C25H32N2O4S2/c1-24(2,3)19-13-17(14-20(23(19)28)25(4,5)6)16-27(18-10-11-21(31-7)26-15-18)33(29,30)22-9-8-12-32-22/h8-15,28H,16H2,1-7H3. The third kappa shape index (κ3) is 5.33. The molecule has 0 radical (unpaired) electrons. The number of thiophene rings is 1. The summed E-state index contributed by atoms with van der Waals surface area (Å²) in [5, 5.41) is 12.8. The van der Waals surface area contributed by atoms with Crippen LogP contribution in [0.15, 0.2) is 52.2 Å². The van der Waals surface area contributed by atoms with E-state index in [4.69, 9.17) is 4.74 Å². The van der Waals surface area contributed by atoms with E-state index in [-0.39, 0.29) is 27.3 Å². The van der Waals surface area contributed by atoms with Crippen molar-refractivity contribution in [2.75, 3.05) is 11.4 Å². The number of benzene rings is 1. The second-order valence-electron chi connectivity index (χ2n) is 10.0. The smallest absolute Gasteiger partial charge is 0.274 e. The third-order valence-corrected chi connectivity index (χ3v) is 8.52. The van der Waals surface area contributed by atoms with Crippen molar-refractivity contribution in [1.82, 2.24) is 4.98 Å². The second kappa shape index (κ2) is 8.99. The number of nitrogens with zero attached hydrogens (tertiary/aromatic N) is 2. The normalized spacial score (nSPS) is 12.6. The van der Waals surface area contributed by atoms with Crippen LogP contribution in [-0.4, -0.2) is 25.6 Å². The average Bonchev–Trinajstić information content (AvgIpc) is 3.27. The van der Waals surface area contributed by atoms with Crippen LogP contribution in [0.4, 0.5) is 5.69 Å². The number of pyridine rings is 1. The molecule has 1 aromatic carbocycles. The first-order chi connectivity index (χ1) is 15.2. The Morgan fingerprint density at radius 1 is 1.03 bits per heavy atom. The minimum atomic E-state index is -3.83. The van der Waals surface area contributed by atoms with Gasteiger partial charge in [-0.15, -0.1) is 11.3 Å². The van der Waals surface area contributed by atoms with Crippen LogP contribution in [0.5, 0.6) is 11.6 Å². The number of methoxy groups -OCH3 is 1. The van der Waals surface area contributed by atoms with E-state index in [1.54, 1.807) is 29.6 Å². The fraction of sp³-hybridized carbons (Fsp3) is 0.400. The summed E-state index contributed by atoms with van der Waals surface area (Å²) in [5.74, 6) is 0.666. The topological polar surface area (TPSA) is 79.7 Å². The number of phenols is 1. The van der Waals surface area contributed by atoms with Gasteiger partial charge in [-0.3, -0.25) is 4.31 Å². The highest BCUT2D eigenvalue weighted by atomic mass is 32.2. The lowest BCUT2D eigenvalue weighted by molar-refractivity contribution is 0.398. The largest absolute Gasteiger partial charge is 0.507 e. The molecule has 3 aromatic rings. The molecule has 178 valence electrons. The number of ether oxygens (including phenoxy) is 1. The second-order valence-corrected chi connectivity index (χ2v) is 13.1. The number of aromatic hydroxyl groups is 1. The fourth-order valence-corrected chi connectivity index (χ4v) is 6.11. The van der Waals surface area contributed by atoms with Crippen LogP contribution in [0.2, 0.25) is 0 Å². The Morgan fingerprint density at radius 2 is 1.64 bits per heavy atom. The van der Waals surface area contributed by atoms with E-state index >= 15 is 0 Å². The molecule has 1 N–H and O–H groups in total. The minimum absolute atomic E-state index is 0.0979. The van der Waals surface area contributed by atoms with Gasteiger partial charge in [0.05, 0.1) is 25.5 Å². The van der Waals surface area contributed by atoms with Crippen molar-refractivity contribution in [2.24, 2.45) is 0 Å². The summed E-state index contributed by atoms with van der Waals surface area (Å²) >= 11 is 1.17. The SMILES string of the molecule is COc1ccc(N(Cc2cc(C(C)(C)C)c(O)c(C(C)(C)C)c2)S(=O)(=O)c2cccs2)cn1. The molecule has 3 rings (SSSR count). The molecule has 8 heteroatoms. The van der Waals surface area contributed by atoms with Gasteiger partial charge in [-0.25, -0.2) is 13.4 Å². The monoisotopic (exact) mass is 488 g/mol. The molecule has 0 aliphatic heterocycles. The Kier molecular flexibility index (Phi) is 6.82. The van der Waals surface area contributed by atoms with Gasteiger partial charge in [0, 0.05) is 6.07 Å². The molecule has 33 heavy (non-hydrogen) atoms. The molecule has 0 aliphatic carbocycles. The van der Waals surface area contributed by atoms with E-state index in [0.717, 1.165) is 16.7 Å². The summed E-state index contributed by atoms with van der Waals surface area (Å²) in [5.41, 5.74) is 2.15. The van der Waals surface area contributed by atoms with Crippen molar-refractivity contribution in [1.29, 1.82) is 0 Å². The number of rotatable bonds is 6. The van der Waals surface area contributed by atoms with Crippen LogP contribution in [0, 0.1) is 0 Å². The summed E-state index contributed by atoms with van der Waals surface area (Å²) < 4.78 is 34.0. The van der Waals surface area contributed by atoms with Gasteiger partial charge in [0.2, 0.25) is 5.88 Å². The molecule has 0 amide bonds.